The van der Waals surface area contributed by atoms with Crippen LogP contribution in [0.25, 0.3) is 6.08 Å². The molecule has 1 amide bonds. The third-order valence-corrected chi connectivity index (χ3v) is 3.93. The Labute approximate surface area is 170 Å². The molecule has 0 aliphatic rings. The van der Waals surface area contributed by atoms with Gasteiger partial charge in [-0.25, -0.2) is 4.79 Å². The standard InChI is InChI=1S/C22H25NO6/c1-5-8-16-11-12-19(20(13-16)27-4)28-14-21(24)29-15(2)22(25)23-17-9-6-7-10-18(17)26-3/h5-13,15H,14H2,1-4H3,(H,23,25)/b8-5+/t15-/m0/s1. The maximum absolute atomic E-state index is 12.3. The topological polar surface area (TPSA) is 83.1 Å². The molecule has 0 saturated carbocycles. The van der Waals surface area contributed by atoms with E-state index in [9.17, 15) is 9.59 Å². The van der Waals surface area contributed by atoms with Crippen molar-refractivity contribution in [2.75, 3.05) is 26.1 Å². The van der Waals surface area contributed by atoms with Gasteiger partial charge in [-0.2, -0.15) is 0 Å². The molecule has 0 aliphatic heterocycles. The van der Waals surface area contributed by atoms with Crippen LogP contribution in [0.15, 0.2) is 48.5 Å². The number of carbonyl (C=O) groups is 2. The number of hydrogen-bond acceptors (Lipinski definition) is 6. The molecule has 1 atom stereocenters. The largest absolute Gasteiger partial charge is 0.495 e. The summed E-state index contributed by atoms with van der Waals surface area (Å²) >= 11 is 0. The Hall–Kier alpha value is -3.48. The first-order valence-electron chi connectivity index (χ1n) is 9.05. The zero-order chi connectivity index (χ0) is 21.2. The van der Waals surface area contributed by atoms with E-state index in [0.717, 1.165) is 5.56 Å². The number of esters is 1. The van der Waals surface area contributed by atoms with Crippen LogP contribution in [0.4, 0.5) is 5.69 Å². The molecule has 2 aromatic rings. The second kappa shape index (κ2) is 10.8. The summed E-state index contributed by atoms with van der Waals surface area (Å²) in [5.74, 6) is 0.263. The zero-order valence-corrected chi connectivity index (χ0v) is 16.9. The number of amides is 1. The summed E-state index contributed by atoms with van der Waals surface area (Å²) in [5.41, 5.74) is 1.44. The summed E-state index contributed by atoms with van der Waals surface area (Å²) in [6, 6.07) is 12.3. The molecule has 0 heterocycles. The van der Waals surface area contributed by atoms with Gasteiger partial charge in [0, 0.05) is 0 Å². The van der Waals surface area contributed by atoms with E-state index < -0.39 is 18.0 Å². The number of hydrogen-bond donors (Lipinski definition) is 1. The smallest absolute Gasteiger partial charge is 0.344 e. The van der Waals surface area contributed by atoms with E-state index in [-0.39, 0.29) is 6.61 Å². The average Bonchev–Trinajstić information content (AvgIpc) is 2.73. The lowest BCUT2D eigenvalue weighted by molar-refractivity contribution is -0.155. The number of carbonyl (C=O) groups excluding carboxylic acids is 2. The van der Waals surface area contributed by atoms with Crippen LogP contribution < -0.4 is 19.5 Å². The Morgan fingerprint density at radius 3 is 2.45 bits per heavy atom. The summed E-state index contributed by atoms with van der Waals surface area (Å²) in [6.45, 7) is 3.04. The molecule has 29 heavy (non-hydrogen) atoms. The van der Waals surface area contributed by atoms with E-state index >= 15 is 0 Å². The summed E-state index contributed by atoms with van der Waals surface area (Å²) in [7, 11) is 3.02. The molecule has 7 heteroatoms. The van der Waals surface area contributed by atoms with Gasteiger partial charge >= 0.3 is 5.97 Å². The molecule has 0 unspecified atom stereocenters. The summed E-state index contributed by atoms with van der Waals surface area (Å²) in [6.07, 6.45) is 2.82. The number of para-hydroxylation sites is 2. The van der Waals surface area contributed by atoms with Crippen LogP contribution in [0, 0.1) is 0 Å². The maximum Gasteiger partial charge on any atom is 0.344 e. The molecule has 0 bridgehead atoms. The van der Waals surface area contributed by atoms with Crippen molar-refractivity contribution >= 4 is 23.6 Å². The maximum atomic E-state index is 12.3. The van der Waals surface area contributed by atoms with Crippen molar-refractivity contribution < 1.29 is 28.5 Å². The van der Waals surface area contributed by atoms with Crippen LogP contribution in [0.5, 0.6) is 17.2 Å². The summed E-state index contributed by atoms with van der Waals surface area (Å²) < 4.78 is 21.1. The normalized spacial score (nSPS) is 11.6. The monoisotopic (exact) mass is 399 g/mol. The van der Waals surface area contributed by atoms with Crippen molar-refractivity contribution in [3.05, 3.63) is 54.1 Å². The van der Waals surface area contributed by atoms with Crippen molar-refractivity contribution in [1.29, 1.82) is 0 Å². The molecule has 1 N–H and O–H groups in total. The van der Waals surface area contributed by atoms with Gasteiger partial charge in [-0.1, -0.05) is 30.4 Å². The number of ether oxygens (including phenoxy) is 4. The Bertz CT molecular complexity index is 877. The van der Waals surface area contributed by atoms with Crippen LogP contribution in [-0.2, 0) is 14.3 Å². The van der Waals surface area contributed by atoms with Gasteiger partial charge in [-0.15, -0.1) is 0 Å². The Balaban J connectivity index is 1.91. The van der Waals surface area contributed by atoms with Crippen molar-refractivity contribution in [1.82, 2.24) is 0 Å². The van der Waals surface area contributed by atoms with Crippen molar-refractivity contribution in [2.45, 2.75) is 20.0 Å². The van der Waals surface area contributed by atoms with Crippen LogP contribution in [-0.4, -0.2) is 38.8 Å². The minimum Gasteiger partial charge on any atom is -0.495 e. The fraction of sp³-hybridized carbons (Fsp3) is 0.273. The molecule has 0 aliphatic carbocycles. The first-order chi connectivity index (χ1) is 14.0. The van der Waals surface area contributed by atoms with Crippen LogP contribution in [0.1, 0.15) is 19.4 Å². The van der Waals surface area contributed by atoms with Gasteiger partial charge in [-0.3, -0.25) is 4.79 Å². The van der Waals surface area contributed by atoms with Crippen molar-refractivity contribution in [3.8, 4) is 17.2 Å². The third kappa shape index (κ3) is 6.27. The quantitative estimate of drug-likeness (QED) is 0.648. The van der Waals surface area contributed by atoms with Gasteiger partial charge in [0.15, 0.2) is 24.2 Å². The number of methoxy groups -OCH3 is 2. The molecule has 154 valence electrons. The van der Waals surface area contributed by atoms with E-state index in [1.165, 1.54) is 21.1 Å². The molecule has 0 radical (unpaired) electrons. The van der Waals surface area contributed by atoms with E-state index in [1.807, 2.05) is 25.1 Å². The Morgan fingerprint density at radius 1 is 1.03 bits per heavy atom. The average molecular weight is 399 g/mol. The molecule has 0 spiro atoms. The molecule has 2 rings (SSSR count). The highest BCUT2D eigenvalue weighted by Crippen LogP contribution is 2.28. The van der Waals surface area contributed by atoms with Crippen molar-refractivity contribution in [3.63, 3.8) is 0 Å². The molecular weight excluding hydrogens is 374 g/mol. The molecular formula is C22H25NO6. The highest BCUT2D eigenvalue weighted by atomic mass is 16.6. The van der Waals surface area contributed by atoms with Gasteiger partial charge in [-0.05, 0) is 43.7 Å². The van der Waals surface area contributed by atoms with Gasteiger partial charge in [0.2, 0.25) is 0 Å². The van der Waals surface area contributed by atoms with Crippen molar-refractivity contribution in [2.24, 2.45) is 0 Å². The van der Waals surface area contributed by atoms with E-state index in [4.69, 9.17) is 18.9 Å². The number of anilines is 1. The van der Waals surface area contributed by atoms with Gasteiger partial charge in [0.05, 0.1) is 19.9 Å². The summed E-state index contributed by atoms with van der Waals surface area (Å²) in [5, 5.41) is 2.67. The number of allylic oxidation sites excluding steroid dienone is 1. The minimum absolute atomic E-state index is 0.356. The van der Waals surface area contributed by atoms with E-state index in [0.29, 0.717) is 22.9 Å². The molecule has 0 saturated heterocycles. The highest BCUT2D eigenvalue weighted by Gasteiger charge is 2.20. The first-order valence-corrected chi connectivity index (χ1v) is 9.05. The zero-order valence-electron chi connectivity index (χ0n) is 16.9. The predicted octanol–water partition coefficient (Wildman–Crippen LogP) is 3.69. The van der Waals surface area contributed by atoms with Gasteiger partial charge < -0.3 is 24.3 Å². The Kier molecular flexibility index (Phi) is 8.09. The third-order valence-electron chi connectivity index (χ3n) is 3.93. The van der Waals surface area contributed by atoms with Crippen LogP contribution in [0.3, 0.4) is 0 Å². The molecule has 2 aromatic carbocycles. The summed E-state index contributed by atoms with van der Waals surface area (Å²) in [4.78, 5) is 24.4. The lowest BCUT2D eigenvalue weighted by Gasteiger charge is -2.16. The fourth-order valence-electron chi connectivity index (χ4n) is 2.50. The lowest BCUT2D eigenvalue weighted by atomic mass is 10.2. The molecule has 0 fully saturated rings. The van der Waals surface area contributed by atoms with Gasteiger partial charge in [0.25, 0.3) is 5.91 Å². The number of nitrogens with one attached hydrogen (secondary N) is 1. The van der Waals surface area contributed by atoms with Gasteiger partial charge in [0.1, 0.15) is 5.75 Å². The van der Waals surface area contributed by atoms with Crippen LogP contribution in [0.2, 0.25) is 0 Å². The second-order valence-electron chi connectivity index (χ2n) is 6.02. The molecule has 7 nitrogen and oxygen atoms in total. The SMILES string of the molecule is C/C=C/c1ccc(OCC(=O)O[C@@H](C)C(=O)Nc2ccccc2OC)c(OC)c1. The number of rotatable bonds is 9. The highest BCUT2D eigenvalue weighted by molar-refractivity contribution is 5.96. The van der Waals surface area contributed by atoms with E-state index in [2.05, 4.69) is 5.32 Å². The Morgan fingerprint density at radius 2 is 1.76 bits per heavy atom. The second-order valence-corrected chi connectivity index (χ2v) is 6.02. The first kappa shape index (κ1) is 21.8. The van der Waals surface area contributed by atoms with E-state index in [1.54, 1.807) is 36.4 Å². The molecule has 0 aromatic heterocycles. The number of benzene rings is 2. The van der Waals surface area contributed by atoms with Crippen LogP contribution >= 0.6 is 0 Å². The minimum atomic E-state index is -1.00. The fourth-order valence-corrected chi connectivity index (χ4v) is 2.50. The predicted molar refractivity (Wildman–Crippen MR) is 110 cm³/mol. The lowest BCUT2D eigenvalue weighted by Crippen LogP contribution is -2.31.